The standard InChI is InChI=1S/C15H20N4OS/c1-11(16)15(20)18-13-5-3-4-12(6-13)7-19(2)8-14-9-21-10-17-14/h3-6,9-11H,7-8,16H2,1-2H3,(H,18,20)/t11-/m1/s1. The number of benzene rings is 1. The number of nitrogens with two attached hydrogens (primary N) is 1. The molecule has 1 amide bonds. The van der Waals surface area contributed by atoms with Gasteiger partial charge in [0.25, 0.3) is 0 Å². The summed E-state index contributed by atoms with van der Waals surface area (Å²) >= 11 is 1.60. The fourth-order valence-corrected chi connectivity index (χ4v) is 2.51. The van der Waals surface area contributed by atoms with E-state index in [0.29, 0.717) is 0 Å². The first-order valence-corrected chi connectivity index (χ1v) is 7.70. The summed E-state index contributed by atoms with van der Waals surface area (Å²) in [6, 6.07) is 7.30. The largest absolute Gasteiger partial charge is 0.325 e. The molecule has 0 radical (unpaired) electrons. The van der Waals surface area contributed by atoms with E-state index in [-0.39, 0.29) is 5.91 Å². The monoisotopic (exact) mass is 304 g/mol. The molecule has 112 valence electrons. The van der Waals surface area contributed by atoms with Crippen LogP contribution in [-0.2, 0) is 17.9 Å². The van der Waals surface area contributed by atoms with Crippen molar-refractivity contribution in [2.75, 3.05) is 12.4 Å². The predicted molar refractivity (Wildman–Crippen MR) is 86.0 cm³/mol. The summed E-state index contributed by atoms with van der Waals surface area (Å²) < 4.78 is 0. The van der Waals surface area contributed by atoms with Crippen molar-refractivity contribution >= 4 is 22.9 Å². The van der Waals surface area contributed by atoms with Gasteiger partial charge < -0.3 is 11.1 Å². The third-order valence-electron chi connectivity index (χ3n) is 2.98. The van der Waals surface area contributed by atoms with Crippen LogP contribution in [0.1, 0.15) is 18.2 Å². The maximum absolute atomic E-state index is 11.6. The second-order valence-electron chi connectivity index (χ2n) is 5.13. The number of aromatic nitrogens is 1. The van der Waals surface area contributed by atoms with Crippen LogP contribution in [0.2, 0.25) is 0 Å². The van der Waals surface area contributed by atoms with Crippen LogP contribution in [-0.4, -0.2) is 28.9 Å². The van der Waals surface area contributed by atoms with Crippen LogP contribution in [0.5, 0.6) is 0 Å². The number of amides is 1. The maximum atomic E-state index is 11.6. The van der Waals surface area contributed by atoms with Gasteiger partial charge in [0.2, 0.25) is 5.91 Å². The molecule has 0 aliphatic carbocycles. The average molecular weight is 304 g/mol. The Morgan fingerprint density at radius 1 is 1.48 bits per heavy atom. The molecule has 3 N–H and O–H groups in total. The summed E-state index contributed by atoms with van der Waals surface area (Å²) in [5.74, 6) is -0.178. The van der Waals surface area contributed by atoms with Gasteiger partial charge >= 0.3 is 0 Å². The summed E-state index contributed by atoms with van der Waals surface area (Å²) in [5, 5.41) is 4.86. The number of rotatable bonds is 6. The number of nitrogens with one attached hydrogen (secondary N) is 1. The number of nitrogens with zero attached hydrogens (tertiary/aromatic N) is 2. The zero-order valence-corrected chi connectivity index (χ0v) is 13.1. The zero-order chi connectivity index (χ0) is 15.2. The predicted octanol–water partition coefficient (Wildman–Crippen LogP) is 2.06. The molecule has 1 heterocycles. The molecule has 2 aromatic rings. The van der Waals surface area contributed by atoms with Gasteiger partial charge in [-0.1, -0.05) is 12.1 Å². The van der Waals surface area contributed by atoms with Crippen molar-refractivity contribution in [1.29, 1.82) is 0 Å². The molecule has 0 bridgehead atoms. The Kier molecular flexibility index (Phi) is 5.44. The van der Waals surface area contributed by atoms with Crippen molar-refractivity contribution in [2.24, 2.45) is 5.73 Å². The van der Waals surface area contributed by atoms with Crippen molar-refractivity contribution in [3.8, 4) is 0 Å². The molecule has 0 spiro atoms. The number of carbonyl (C=O) groups is 1. The number of anilines is 1. The highest BCUT2D eigenvalue weighted by Crippen LogP contribution is 2.14. The molecule has 0 fully saturated rings. The Hall–Kier alpha value is -1.76. The van der Waals surface area contributed by atoms with E-state index in [1.807, 2.05) is 36.8 Å². The van der Waals surface area contributed by atoms with E-state index in [1.54, 1.807) is 18.3 Å². The van der Waals surface area contributed by atoms with Gasteiger partial charge in [0, 0.05) is 24.2 Å². The lowest BCUT2D eigenvalue weighted by Gasteiger charge is -2.16. The number of carbonyl (C=O) groups excluding carboxylic acids is 1. The quantitative estimate of drug-likeness (QED) is 0.857. The Labute approximate surface area is 128 Å². The fourth-order valence-electron chi connectivity index (χ4n) is 1.96. The van der Waals surface area contributed by atoms with Gasteiger partial charge in [0.15, 0.2) is 0 Å². The molecule has 21 heavy (non-hydrogen) atoms. The van der Waals surface area contributed by atoms with Crippen molar-refractivity contribution < 1.29 is 4.79 Å². The first kappa shape index (κ1) is 15.6. The van der Waals surface area contributed by atoms with E-state index in [9.17, 15) is 4.79 Å². The average Bonchev–Trinajstić information content (AvgIpc) is 2.91. The normalized spacial score (nSPS) is 12.4. The van der Waals surface area contributed by atoms with Gasteiger partial charge in [-0.3, -0.25) is 9.69 Å². The summed E-state index contributed by atoms with van der Waals surface area (Å²) in [6.45, 7) is 3.26. The molecule has 0 unspecified atom stereocenters. The van der Waals surface area contributed by atoms with E-state index < -0.39 is 6.04 Å². The highest BCUT2D eigenvalue weighted by molar-refractivity contribution is 7.07. The third-order valence-corrected chi connectivity index (χ3v) is 3.61. The van der Waals surface area contributed by atoms with Crippen LogP contribution in [0.4, 0.5) is 5.69 Å². The molecule has 2 rings (SSSR count). The summed E-state index contributed by atoms with van der Waals surface area (Å²) in [5.41, 5.74) is 10.4. The topological polar surface area (TPSA) is 71.2 Å². The van der Waals surface area contributed by atoms with Gasteiger partial charge in [0.05, 0.1) is 17.2 Å². The summed E-state index contributed by atoms with van der Waals surface area (Å²) in [6.07, 6.45) is 0. The van der Waals surface area contributed by atoms with Crippen LogP contribution in [0.3, 0.4) is 0 Å². The first-order valence-electron chi connectivity index (χ1n) is 6.75. The van der Waals surface area contributed by atoms with E-state index in [1.165, 1.54) is 0 Å². The summed E-state index contributed by atoms with van der Waals surface area (Å²) in [7, 11) is 2.05. The molecule has 0 aliphatic heterocycles. The van der Waals surface area contributed by atoms with E-state index in [0.717, 1.165) is 30.0 Å². The molecule has 1 atom stereocenters. The second kappa shape index (κ2) is 7.31. The lowest BCUT2D eigenvalue weighted by molar-refractivity contribution is -0.117. The minimum Gasteiger partial charge on any atom is -0.325 e. The minimum atomic E-state index is -0.513. The van der Waals surface area contributed by atoms with Gasteiger partial charge in [-0.2, -0.15) is 0 Å². The molecule has 1 aromatic carbocycles. The van der Waals surface area contributed by atoms with Crippen LogP contribution >= 0.6 is 11.3 Å². The van der Waals surface area contributed by atoms with Gasteiger partial charge in [0.1, 0.15) is 0 Å². The van der Waals surface area contributed by atoms with E-state index >= 15 is 0 Å². The number of hydrogen-bond donors (Lipinski definition) is 2. The van der Waals surface area contributed by atoms with Crippen LogP contribution in [0.25, 0.3) is 0 Å². The Bertz CT molecular complexity index is 583. The Morgan fingerprint density at radius 2 is 2.29 bits per heavy atom. The first-order chi connectivity index (χ1) is 10.0. The minimum absolute atomic E-state index is 0.178. The third kappa shape index (κ3) is 4.93. The summed E-state index contributed by atoms with van der Waals surface area (Å²) in [4.78, 5) is 18.1. The number of thiazole rings is 1. The Balaban J connectivity index is 1.95. The van der Waals surface area contributed by atoms with Crippen LogP contribution in [0, 0.1) is 0 Å². The van der Waals surface area contributed by atoms with Gasteiger partial charge in [-0.25, -0.2) is 4.98 Å². The molecule has 0 saturated carbocycles. The van der Waals surface area contributed by atoms with Crippen LogP contribution in [0.15, 0.2) is 35.2 Å². The molecule has 1 aromatic heterocycles. The molecular formula is C15H20N4OS. The highest BCUT2D eigenvalue weighted by atomic mass is 32.1. The fraction of sp³-hybridized carbons (Fsp3) is 0.333. The molecule has 5 nitrogen and oxygen atoms in total. The molecular weight excluding hydrogens is 284 g/mol. The van der Waals surface area contributed by atoms with Gasteiger partial charge in [-0.05, 0) is 31.7 Å². The lowest BCUT2D eigenvalue weighted by atomic mass is 10.2. The van der Waals surface area contributed by atoms with Crippen molar-refractivity contribution in [3.63, 3.8) is 0 Å². The molecule has 6 heteroatoms. The van der Waals surface area contributed by atoms with Crippen molar-refractivity contribution in [3.05, 3.63) is 46.4 Å². The molecule has 0 saturated heterocycles. The lowest BCUT2D eigenvalue weighted by Crippen LogP contribution is -2.32. The van der Waals surface area contributed by atoms with E-state index in [2.05, 4.69) is 20.6 Å². The van der Waals surface area contributed by atoms with Crippen molar-refractivity contribution in [2.45, 2.75) is 26.1 Å². The van der Waals surface area contributed by atoms with Crippen LogP contribution < -0.4 is 11.1 Å². The van der Waals surface area contributed by atoms with Gasteiger partial charge in [-0.15, -0.1) is 11.3 Å². The zero-order valence-electron chi connectivity index (χ0n) is 12.2. The SMILES string of the molecule is C[C@@H](N)C(=O)Nc1cccc(CN(C)Cc2cscn2)c1. The van der Waals surface area contributed by atoms with Crippen molar-refractivity contribution in [1.82, 2.24) is 9.88 Å². The molecule has 0 aliphatic rings. The highest BCUT2D eigenvalue weighted by Gasteiger charge is 2.08. The Morgan fingerprint density at radius 3 is 2.95 bits per heavy atom. The smallest absolute Gasteiger partial charge is 0.240 e. The number of hydrogen-bond acceptors (Lipinski definition) is 5. The second-order valence-corrected chi connectivity index (χ2v) is 5.85. The van der Waals surface area contributed by atoms with E-state index in [4.69, 9.17) is 5.73 Å². The maximum Gasteiger partial charge on any atom is 0.240 e.